The average molecular weight is 974 g/mol. The summed E-state index contributed by atoms with van der Waals surface area (Å²) < 4.78 is 0. The van der Waals surface area contributed by atoms with Gasteiger partial charge in [0.2, 0.25) is 0 Å². The molecule has 0 radical (unpaired) electrons. The summed E-state index contributed by atoms with van der Waals surface area (Å²) in [5.41, 5.74) is 13.4. The van der Waals surface area contributed by atoms with Crippen LogP contribution < -0.4 is 11.1 Å². The van der Waals surface area contributed by atoms with E-state index in [-0.39, 0.29) is 26.5 Å². The van der Waals surface area contributed by atoms with Crippen molar-refractivity contribution in [2.45, 2.75) is 162 Å². The number of hydrogen-bond acceptors (Lipinski definition) is 6. The van der Waals surface area contributed by atoms with Crippen LogP contribution in [-0.4, -0.2) is 33.5 Å². The minimum absolute atomic E-state index is 0. The molecule has 0 fully saturated rings. The van der Waals surface area contributed by atoms with Crippen LogP contribution in [0, 0.1) is 0 Å². The predicted octanol–water partition coefficient (Wildman–Crippen LogP) is 16.2. The fourth-order valence-electron chi connectivity index (χ4n) is 5.70. The Morgan fingerprint density at radius 1 is 0.423 bits per heavy atom. The van der Waals surface area contributed by atoms with Gasteiger partial charge in [0.1, 0.15) is 11.6 Å². The smallest absolute Gasteiger partial charge is 0.335 e. The summed E-state index contributed by atoms with van der Waals surface area (Å²) >= 11 is 0. The molecular formula is C63H95N3O5. The number of rotatable bonds is 17. The van der Waals surface area contributed by atoms with Gasteiger partial charge in [-0.15, -0.1) is 0 Å². The van der Waals surface area contributed by atoms with Gasteiger partial charge in [0.05, 0.1) is 5.56 Å². The van der Waals surface area contributed by atoms with Gasteiger partial charge in [-0.25, -0.2) is 4.79 Å². The van der Waals surface area contributed by atoms with Crippen molar-refractivity contribution in [1.82, 2.24) is 10.3 Å². The van der Waals surface area contributed by atoms with E-state index in [1.165, 1.54) is 11.1 Å². The molecule has 1 heterocycles. The Hall–Kier alpha value is -6.51. The van der Waals surface area contributed by atoms with Gasteiger partial charge in [0.15, 0.2) is 0 Å². The summed E-state index contributed by atoms with van der Waals surface area (Å²) in [6.45, 7) is 25.0. The van der Waals surface area contributed by atoms with E-state index in [0.717, 1.165) is 47.9 Å². The summed E-state index contributed by atoms with van der Waals surface area (Å²) in [6.07, 6.45) is 9.03. The Morgan fingerprint density at radius 3 is 1.10 bits per heavy atom. The lowest BCUT2D eigenvalue weighted by molar-refractivity contribution is -0.119. The van der Waals surface area contributed by atoms with Crippen LogP contribution in [0.15, 0.2) is 164 Å². The highest BCUT2D eigenvalue weighted by molar-refractivity contribution is 5.94. The van der Waals surface area contributed by atoms with E-state index in [1.54, 1.807) is 48.7 Å². The first-order valence-electron chi connectivity index (χ1n) is 25.2. The number of aromatic nitrogens is 1. The zero-order valence-corrected chi connectivity index (χ0v) is 44.3. The first-order chi connectivity index (χ1) is 33.8. The highest BCUT2D eigenvalue weighted by atomic mass is 16.4. The number of Topliss-reactive ketones (excluding diaryl/α,β-unsaturated/α-hetero) is 2. The number of hydrogen-bond donors (Lipinski definition) is 3. The monoisotopic (exact) mass is 974 g/mol. The fraction of sp³-hybridized carbons (Fsp3) is 0.381. The Morgan fingerprint density at radius 2 is 0.746 bits per heavy atom. The van der Waals surface area contributed by atoms with Crippen molar-refractivity contribution in [2.24, 2.45) is 5.73 Å². The molecule has 0 aliphatic carbocycles. The zero-order chi connectivity index (χ0) is 52.5. The molecule has 6 rings (SSSR count). The molecule has 0 bridgehead atoms. The largest absolute Gasteiger partial charge is 0.478 e. The molecule has 4 N–H and O–H groups in total. The molecule has 8 heteroatoms. The highest BCUT2D eigenvalue weighted by Crippen LogP contribution is 2.11. The number of benzene rings is 5. The third kappa shape index (κ3) is 37.1. The van der Waals surface area contributed by atoms with Crippen molar-refractivity contribution in [1.29, 1.82) is 0 Å². The van der Waals surface area contributed by atoms with Crippen molar-refractivity contribution >= 4 is 23.4 Å². The predicted molar refractivity (Wildman–Crippen MR) is 307 cm³/mol. The van der Waals surface area contributed by atoms with E-state index >= 15 is 0 Å². The SMILES string of the molecule is C.C.CC.CC.CC.CC.CC.CC.NCc1ccc(CCC(=O)CCc2ccccc2)cc1.O=C(CCc1ccc(CNC(=O)c2ccccc2)cc1)CCc1cccnc1.O=C(O)c1ccccc1. The summed E-state index contributed by atoms with van der Waals surface area (Å²) in [7, 11) is 0. The third-order valence-corrected chi connectivity index (χ3v) is 9.13. The molecule has 8 nitrogen and oxygen atoms in total. The molecule has 0 spiro atoms. The van der Waals surface area contributed by atoms with Crippen LogP contribution in [0.25, 0.3) is 0 Å². The lowest BCUT2D eigenvalue weighted by Crippen LogP contribution is -2.22. The molecule has 71 heavy (non-hydrogen) atoms. The molecule has 0 aliphatic rings. The molecule has 392 valence electrons. The molecule has 0 aliphatic heterocycles. The van der Waals surface area contributed by atoms with E-state index in [0.29, 0.717) is 55.7 Å². The number of carbonyl (C=O) groups excluding carboxylic acids is 3. The first kappa shape index (κ1) is 73.5. The number of carboxylic acids is 1. The summed E-state index contributed by atoms with van der Waals surface area (Å²) in [4.78, 5) is 50.3. The molecule has 1 aromatic heterocycles. The Kier molecular flexibility index (Phi) is 54.7. The Balaban J connectivity index is -0.000000295. The van der Waals surface area contributed by atoms with Crippen LogP contribution >= 0.6 is 0 Å². The van der Waals surface area contributed by atoms with E-state index in [4.69, 9.17) is 10.8 Å². The van der Waals surface area contributed by atoms with Gasteiger partial charge in [-0.2, -0.15) is 0 Å². The lowest BCUT2D eigenvalue weighted by atomic mass is 10.0. The number of pyridine rings is 1. The summed E-state index contributed by atoms with van der Waals surface area (Å²) in [5, 5.41) is 11.3. The number of nitrogens with zero attached hydrogens (tertiary/aromatic N) is 1. The Bertz CT molecular complexity index is 2080. The maximum absolute atomic E-state index is 12.1. The number of aromatic carboxylic acids is 1. The van der Waals surface area contributed by atoms with Crippen molar-refractivity contribution in [2.75, 3.05) is 0 Å². The molecule has 0 saturated heterocycles. The molecule has 5 aromatic carbocycles. The van der Waals surface area contributed by atoms with Crippen molar-refractivity contribution in [3.05, 3.63) is 209 Å². The topological polar surface area (TPSA) is 139 Å². The van der Waals surface area contributed by atoms with E-state index in [9.17, 15) is 19.2 Å². The van der Waals surface area contributed by atoms with E-state index in [2.05, 4.69) is 34.6 Å². The lowest BCUT2D eigenvalue weighted by Gasteiger charge is -2.07. The van der Waals surface area contributed by atoms with Gasteiger partial charge in [0, 0.05) is 56.7 Å². The Labute approximate surface area is 433 Å². The molecular weight excluding hydrogens is 879 g/mol. The van der Waals surface area contributed by atoms with Crippen LogP contribution in [0.5, 0.6) is 0 Å². The van der Waals surface area contributed by atoms with Crippen LogP contribution in [0.3, 0.4) is 0 Å². The van der Waals surface area contributed by atoms with Crippen LogP contribution in [-0.2, 0) is 48.4 Å². The van der Waals surface area contributed by atoms with Gasteiger partial charge in [-0.1, -0.05) is 219 Å². The van der Waals surface area contributed by atoms with Crippen molar-refractivity contribution in [3.63, 3.8) is 0 Å². The second-order valence-corrected chi connectivity index (χ2v) is 13.5. The number of nitrogens with two attached hydrogens (primary N) is 1. The van der Waals surface area contributed by atoms with E-state index in [1.807, 2.05) is 174 Å². The number of ketones is 2. The van der Waals surface area contributed by atoms with Crippen LogP contribution in [0.1, 0.15) is 178 Å². The van der Waals surface area contributed by atoms with Crippen molar-refractivity contribution in [3.8, 4) is 0 Å². The molecule has 0 unspecified atom stereocenters. The quantitative estimate of drug-likeness (QED) is 0.0827. The molecule has 6 aromatic rings. The average Bonchev–Trinajstić information content (AvgIpc) is 3.45. The normalized spacial score (nSPS) is 8.69. The van der Waals surface area contributed by atoms with Crippen molar-refractivity contribution < 1.29 is 24.3 Å². The van der Waals surface area contributed by atoms with Gasteiger partial charge >= 0.3 is 5.97 Å². The molecule has 0 saturated carbocycles. The standard InChI is InChI=1S/C24H24N2O2.C18H21NO.C7H6O2.6C2H6.2CH4/c27-23(15-13-20-5-4-16-25-17-20)14-12-19-8-10-21(11-9-19)18-26-24(28)22-6-2-1-3-7-22;19-14-17-8-6-16(7-9-17)11-13-18(20)12-10-15-4-2-1-3-5-15;8-7(9)6-4-2-1-3-5-6;6*1-2;;/h1-11,16-17H,12-15,18H2,(H,26,28);1-9H,10-14,19H2;1-5H,(H,8,9);6*1-2H3;2*1H4. The first-order valence-corrected chi connectivity index (χ1v) is 25.2. The fourth-order valence-corrected chi connectivity index (χ4v) is 5.70. The van der Waals surface area contributed by atoms with Crippen LogP contribution in [0.4, 0.5) is 0 Å². The van der Waals surface area contributed by atoms with Gasteiger partial charge in [-0.3, -0.25) is 19.4 Å². The number of carbonyl (C=O) groups is 4. The number of amides is 1. The molecule has 1 amide bonds. The molecule has 0 atom stereocenters. The van der Waals surface area contributed by atoms with Crippen LogP contribution in [0.2, 0.25) is 0 Å². The third-order valence-electron chi connectivity index (χ3n) is 9.13. The number of nitrogens with one attached hydrogen (secondary N) is 1. The minimum atomic E-state index is -0.879. The number of aryl methyl sites for hydroxylation is 4. The van der Waals surface area contributed by atoms with E-state index < -0.39 is 5.97 Å². The maximum atomic E-state index is 12.1. The summed E-state index contributed by atoms with van der Waals surface area (Å²) in [6, 6.07) is 47.8. The second-order valence-electron chi connectivity index (χ2n) is 13.5. The zero-order valence-electron chi connectivity index (χ0n) is 44.3. The van der Waals surface area contributed by atoms with Gasteiger partial charge < -0.3 is 16.2 Å². The number of carboxylic acid groups (broad SMARTS) is 1. The maximum Gasteiger partial charge on any atom is 0.335 e. The van der Waals surface area contributed by atoms with Gasteiger partial charge in [0.25, 0.3) is 5.91 Å². The highest BCUT2D eigenvalue weighted by Gasteiger charge is 2.07. The summed E-state index contributed by atoms with van der Waals surface area (Å²) in [5.74, 6) is -0.362. The minimum Gasteiger partial charge on any atom is -0.478 e. The van der Waals surface area contributed by atoms with Gasteiger partial charge in [-0.05, 0) is 89.4 Å². The second kappa shape index (κ2) is 52.9.